The summed E-state index contributed by atoms with van der Waals surface area (Å²) in [7, 11) is 0. The number of hydrogen-bond donors (Lipinski definition) is 2. The minimum absolute atomic E-state index is 0.106. The van der Waals surface area contributed by atoms with Crippen LogP contribution in [0, 0.1) is 0 Å². The van der Waals surface area contributed by atoms with Gasteiger partial charge >= 0.3 is 0 Å². The highest BCUT2D eigenvalue weighted by Crippen LogP contribution is 2.26. The van der Waals surface area contributed by atoms with E-state index in [1.165, 1.54) is 16.2 Å². The van der Waals surface area contributed by atoms with Gasteiger partial charge in [-0.3, -0.25) is 4.79 Å². The first-order valence-corrected chi connectivity index (χ1v) is 7.16. The molecule has 2 rings (SSSR count). The zero-order valence-electron chi connectivity index (χ0n) is 9.87. The van der Waals surface area contributed by atoms with Gasteiger partial charge in [-0.2, -0.15) is 0 Å². The quantitative estimate of drug-likeness (QED) is 0.841. The monoisotopic (exact) mass is 324 g/mol. The van der Waals surface area contributed by atoms with Gasteiger partial charge in [-0.05, 0) is 52.7 Å². The topological polar surface area (TPSA) is 55.1 Å². The lowest BCUT2D eigenvalue weighted by Crippen LogP contribution is -2.10. The summed E-state index contributed by atoms with van der Waals surface area (Å²) in [4.78, 5) is 14.0. The minimum Gasteiger partial charge on any atom is -0.399 e. The molecule has 3 N–H and O–H groups in total. The highest BCUT2D eigenvalue weighted by Gasteiger charge is 2.10. The van der Waals surface area contributed by atoms with Gasteiger partial charge in [0.1, 0.15) is 0 Å². The van der Waals surface area contributed by atoms with Crippen LogP contribution in [0.2, 0.25) is 0 Å². The molecule has 0 aliphatic heterocycles. The van der Waals surface area contributed by atoms with Crippen LogP contribution in [0.1, 0.15) is 21.5 Å². The third-order valence-corrected chi connectivity index (χ3v) is 4.39. The molecule has 1 amide bonds. The van der Waals surface area contributed by atoms with Gasteiger partial charge in [0.05, 0.1) is 10.6 Å². The molecular weight excluding hydrogens is 312 g/mol. The van der Waals surface area contributed by atoms with Crippen LogP contribution in [0.4, 0.5) is 11.4 Å². The second-order valence-corrected chi connectivity index (χ2v) is 5.84. The van der Waals surface area contributed by atoms with Crippen LogP contribution in [-0.4, -0.2) is 5.91 Å². The van der Waals surface area contributed by atoms with Crippen LogP contribution in [0.15, 0.2) is 34.8 Å². The maximum atomic E-state index is 12.0. The molecule has 3 nitrogen and oxygen atoms in total. The Balaban J connectivity index is 2.18. The fourth-order valence-electron chi connectivity index (χ4n) is 1.51. The Labute approximate surface area is 118 Å². The predicted octanol–water partition coefficient (Wildman–Crippen LogP) is 3.91. The van der Waals surface area contributed by atoms with E-state index >= 15 is 0 Å². The fourth-order valence-corrected chi connectivity index (χ4v) is 2.70. The number of aryl methyl sites for hydroxylation is 1. The van der Waals surface area contributed by atoms with Gasteiger partial charge in [-0.25, -0.2) is 0 Å². The number of amides is 1. The van der Waals surface area contributed by atoms with E-state index in [0.717, 1.165) is 10.9 Å². The van der Waals surface area contributed by atoms with Gasteiger partial charge in [-0.1, -0.05) is 6.92 Å². The summed E-state index contributed by atoms with van der Waals surface area (Å²) in [5.41, 5.74) is 7.00. The first-order chi connectivity index (χ1) is 8.60. The summed E-state index contributed by atoms with van der Waals surface area (Å²) in [6, 6.07) is 9.15. The van der Waals surface area contributed by atoms with Crippen molar-refractivity contribution in [1.82, 2.24) is 0 Å². The van der Waals surface area contributed by atoms with Crippen LogP contribution in [0.5, 0.6) is 0 Å². The zero-order chi connectivity index (χ0) is 13.1. The van der Waals surface area contributed by atoms with Gasteiger partial charge in [0.15, 0.2) is 0 Å². The van der Waals surface area contributed by atoms with Crippen LogP contribution < -0.4 is 11.1 Å². The van der Waals surface area contributed by atoms with Crippen molar-refractivity contribution in [3.05, 3.63) is 44.6 Å². The number of nitrogen functional groups attached to an aromatic ring is 1. The highest BCUT2D eigenvalue weighted by atomic mass is 79.9. The number of anilines is 2. The van der Waals surface area contributed by atoms with Crippen LogP contribution in [0.25, 0.3) is 0 Å². The number of hydrogen-bond acceptors (Lipinski definition) is 3. The summed E-state index contributed by atoms with van der Waals surface area (Å²) in [5, 5.41) is 2.85. The van der Waals surface area contributed by atoms with E-state index in [2.05, 4.69) is 28.2 Å². The van der Waals surface area contributed by atoms with Crippen LogP contribution >= 0.6 is 27.3 Å². The Morgan fingerprint density at radius 1 is 1.39 bits per heavy atom. The number of carbonyl (C=O) groups is 1. The largest absolute Gasteiger partial charge is 0.399 e. The van der Waals surface area contributed by atoms with E-state index in [4.69, 9.17) is 5.73 Å². The van der Waals surface area contributed by atoms with Gasteiger partial charge < -0.3 is 11.1 Å². The molecule has 5 heteroatoms. The number of rotatable bonds is 3. The SMILES string of the molecule is CCc1ccc(C(=O)Nc2cc(N)ccc2Br)s1. The van der Waals surface area contributed by atoms with E-state index in [9.17, 15) is 4.79 Å². The third kappa shape index (κ3) is 2.91. The van der Waals surface area contributed by atoms with Crippen LogP contribution in [-0.2, 0) is 6.42 Å². The normalized spacial score (nSPS) is 10.3. The standard InChI is InChI=1S/C13H13BrN2OS/c1-2-9-4-6-12(18-9)13(17)16-11-7-8(15)3-5-10(11)14/h3-7H,2,15H2,1H3,(H,16,17). The fraction of sp³-hybridized carbons (Fsp3) is 0.154. The highest BCUT2D eigenvalue weighted by molar-refractivity contribution is 9.10. The Morgan fingerprint density at radius 2 is 2.17 bits per heavy atom. The maximum absolute atomic E-state index is 12.0. The molecule has 0 fully saturated rings. The zero-order valence-corrected chi connectivity index (χ0v) is 12.3. The summed E-state index contributed by atoms with van der Waals surface area (Å²) in [6.45, 7) is 2.07. The van der Waals surface area contributed by atoms with Crippen molar-refractivity contribution in [2.24, 2.45) is 0 Å². The third-order valence-electron chi connectivity index (χ3n) is 2.47. The molecule has 0 radical (unpaired) electrons. The number of nitrogens with one attached hydrogen (secondary N) is 1. The van der Waals surface area contributed by atoms with Crippen LogP contribution in [0.3, 0.4) is 0 Å². The summed E-state index contributed by atoms with van der Waals surface area (Å²) in [6.07, 6.45) is 0.944. The molecule has 0 saturated heterocycles. The molecule has 94 valence electrons. The van der Waals surface area contributed by atoms with E-state index in [0.29, 0.717) is 16.3 Å². The van der Waals surface area contributed by atoms with E-state index < -0.39 is 0 Å². The lowest BCUT2D eigenvalue weighted by atomic mass is 10.3. The minimum atomic E-state index is -0.106. The van der Waals surface area contributed by atoms with E-state index in [1.807, 2.05) is 18.2 Å². The Morgan fingerprint density at radius 3 is 2.83 bits per heavy atom. The van der Waals surface area contributed by atoms with Gasteiger partial charge in [0, 0.05) is 15.0 Å². The lowest BCUT2D eigenvalue weighted by Gasteiger charge is -2.07. The van der Waals surface area contributed by atoms with Crippen molar-refractivity contribution in [3.63, 3.8) is 0 Å². The predicted molar refractivity (Wildman–Crippen MR) is 80.2 cm³/mol. The smallest absolute Gasteiger partial charge is 0.265 e. The molecule has 18 heavy (non-hydrogen) atoms. The molecular formula is C13H13BrN2OS. The Hall–Kier alpha value is -1.33. The van der Waals surface area contributed by atoms with Crippen molar-refractivity contribution in [2.75, 3.05) is 11.1 Å². The summed E-state index contributed by atoms with van der Waals surface area (Å²) in [5.74, 6) is -0.106. The molecule has 1 aromatic heterocycles. The van der Waals surface area contributed by atoms with Crippen molar-refractivity contribution >= 4 is 44.5 Å². The van der Waals surface area contributed by atoms with E-state index in [-0.39, 0.29) is 5.91 Å². The molecule has 0 aliphatic rings. The second kappa shape index (κ2) is 5.54. The molecule has 0 saturated carbocycles. The summed E-state index contributed by atoms with van der Waals surface area (Å²) >= 11 is 4.90. The molecule has 0 spiro atoms. The Kier molecular flexibility index (Phi) is 4.04. The van der Waals surface area contributed by atoms with Crippen molar-refractivity contribution in [1.29, 1.82) is 0 Å². The molecule has 0 bridgehead atoms. The van der Waals surface area contributed by atoms with Crippen molar-refractivity contribution < 1.29 is 4.79 Å². The second-order valence-electron chi connectivity index (χ2n) is 3.81. The average Bonchev–Trinajstić information content (AvgIpc) is 2.82. The molecule has 2 aromatic rings. The Bertz CT molecular complexity index is 580. The molecule has 0 aliphatic carbocycles. The number of nitrogens with two attached hydrogens (primary N) is 1. The molecule has 1 heterocycles. The number of carbonyl (C=O) groups excluding carboxylic acids is 1. The first kappa shape index (κ1) is 13.1. The molecule has 0 unspecified atom stereocenters. The molecule has 0 atom stereocenters. The summed E-state index contributed by atoms with van der Waals surface area (Å²) < 4.78 is 0.817. The first-order valence-electron chi connectivity index (χ1n) is 5.55. The van der Waals surface area contributed by atoms with E-state index in [1.54, 1.807) is 12.1 Å². The average molecular weight is 325 g/mol. The van der Waals surface area contributed by atoms with Gasteiger partial charge in [0.2, 0.25) is 0 Å². The number of thiophene rings is 1. The van der Waals surface area contributed by atoms with Crippen molar-refractivity contribution in [3.8, 4) is 0 Å². The molecule has 1 aromatic carbocycles. The van der Waals surface area contributed by atoms with Gasteiger partial charge in [-0.15, -0.1) is 11.3 Å². The van der Waals surface area contributed by atoms with Gasteiger partial charge in [0.25, 0.3) is 5.91 Å². The maximum Gasteiger partial charge on any atom is 0.265 e. The lowest BCUT2D eigenvalue weighted by molar-refractivity contribution is 0.103. The van der Waals surface area contributed by atoms with Crippen molar-refractivity contribution in [2.45, 2.75) is 13.3 Å². The number of benzene rings is 1. The number of halogens is 1.